The van der Waals surface area contributed by atoms with Gasteiger partial charge in [0.05, 0.1) is 17.5 Å². The van der Waals surface area contributed by atoms with E-state index in [-0.39, 0.29) is 29.2 Å². The minimum atomic E-state index is -0.302. The van der Waals surface area contributed by atoms with Gasteiger partial charge in [0.25, 0.3) is 0 Å². The number of hydrogen-bond acceptors (Lipinski definition) is 12. The molecule has 1 unspecified atom stereocenters. The third-order valence-electron chi connectivity index (χ3n) is 14.1. The summed E-state index contributed by atoms with van der Waals surface area (Å²) >= 11 is 0. The zero-order valence-corrected chi connectivity index (χ0v) is 41.0. The Balaban J connectivity index is 0.000000247. The molecule has 4 amide bonds. The lowest BCUT2D eigenvalue weighted by atomic mass is 9.84. The highest BCUT2D eigenvalue weighted by Gasteiger charge is 2.34. The van der Waals surface area contributed by atoms with Crippen LogP contribution >= 0.6 is 0 Å². The number of carbonyl (C=O) groups is 3. The molecule has 4 saturated heterocycles. The number of β-amino-alcohol motifs (C(OH)–C–C–N with tert-alkyl or cyclic N) is 1. The number of likely N-dealkylation sites (tertiary alicyclic amines) is 2. The molecule has 2 aromatic carbocycles. The van der Waals surface area contributed by atoms with Gasteiger partial charge in [0.15, 0.2) is 5.82 Å². The smallest absolute Gasteiger partial charge is 0.314 e. The fraction of sp³-hybridized carbons (Fsp3) is 0.596. The standard InChI is InChI=1S/C32H49N9O2.C10H19NO2.C10H9NO/c1-34-31-29(22-28(35-36-31)27-4-2-3-5-30(27)42)40-20-18-39(19-21-40)26-10-12-38(13-11-26)25-8-6-24(7-9-25)23-37-14-16-41(17-15-37)32(33)43;1-10(2,3)6-9(13)11-5-4-8(12)7-11;1-2-9-3-5-10(6-4-9)7-11-8-12/h2-5,22,24-26,42H,6-21,23H2,1H3,(H2,33,43)(H,34,36);8,12H,4-7H2,1-3H3;1,3-6,8H,7H2,(H,11,12). The van der Waals surface area contributed by atoms with Gasteiger partial charge in [-0.05, 0) is 105 Å². The van der Waals surface area contributed by atoms with Crippen LogP contribution < -0.4 is 21.3 Å². The van der Waals surface area contributed by atoms with Gasteiger partial charge in [-0.25, -0.2) is 4.79 Å². The number of carbonyl (C=O) groups excluding carboxylic acids is 3. The van der Waals surface area contributed by atoms with Gasteiger partial charge in [-0.3, -0.25) is 19.4 Å². The number of phenols is 1. The van der Waals surface area contributed by atoms with Crippen molar-refractivity contribution >= 4 is 29.9 Å². The minimum absolute atomic E-state index is 0.0463. The van der Waals surface area contributed by atoms with Crippen molar-refractivity contribution in [2.75, 3.05) is 102 Å². The number of nitrogens with zero attached hydrogens (tertiary/aromatic N) is 8. The fourth-order valence-corrected chi connectivity index (χ4v) is 10.2. The van der Waals surface area contributed by atoms with Crippen LogP contribution in [0, 0.1) is 23.7 Å². The van der Waals surface area contributed by atoms with Gasteiger partial charge in [0, 0.05) is 115 Å². The van der Waals surface area contributed by atoms with E-state index in [0.717, 1.165) is 99.9 Å². The van der Waals surface area contributed by atoms with Crippen molar-refractivity contribution in [3.63, 3.8) is 0 Å². The Morgan fingerprint density at radius 1 is 0.824 bits per heavy atom. The number of nitrogens with two attached hydrogens (primary N) is 1. The van der Waals surface area contributed by atoms with E-state index in [9.17, 15) is 24.6 Å². The number of phenolic OH excluding ortho intramolecular Hbond substituents is 1. The number of para-hydroxylation sites is 1. The van der Waals surface area contributed by atoms with Crippen molar-refractivity contribution < 1.29 is 24.6 Å². The highest BCUT2D eigenvalue weighted by atomic mass is 16.3. The lowest BCUT2D eigenvalue weighted by Crippen LogP contribution is -2.54. The Labute approximate surface area is 404 Å². The Morgan fingerprint density at radius 3 is 2.04 bits per heavy atom. The molecule has 0 bridgehead atoms. The number of piperazine rings is 2. The van der Waals surface area contributed by atoms with E-state index in [1.807, 2.05) is 49.5 Å². The van der Waals surface area contributed by atoms with E-state index in [1.165, 1.54) is 58.2 Å². The Hall–Kier alpha value is -5.47. The molecule has 3 aromatic rings. The van der Waals surface area contributed by atoms with E-state index < -0.39 is 0 Å². The van der Waals surface area contributed by atoms with Gasteiger partial charge >= 0.3 is 6.03 Å². The topological polar surface area (TPSA) is 187 Å². The molecule has 6 N–H and O–H groups in total. The normalized spacial score (nSPS) is 21.9. The first-order valence-electron chi connectivity index (χ1n) is 24.8. The molecule has 370 valence electrons. The first-order chi connectivity index (χ1) is 32.7. The van der Waals surface area contributed by atoms with E-state index in [4.69, 9.17) is 12.2 Å². The highest BCUT2D eigenvalue weighted by molar-refractivity contribution is 5.77. The van der Waals surface area contributed by atoms with Crippen molar-refractivity contribution in [3.05, 3.63) is 65.7 Å². The van der Waals surface area contributed by atoms with Crippen molar-refractivity contribution in [3.8, 4) is 29.4 Å². The zero-order chi connectivity index (χ0) is 48.6. The molecular formula is C52H77N11O5. The Kier molecular flexibility index (Phi) is 19.3. The molecule has 1 atom stereocenters. The zero-order valence-electron chi connectivity index (χ0n) is 41.0. The molecule has 5 aliphatic rings. The first kappa shape index (κ1) is 51.9. The number of urea groups is 1. The highest BCUT2D eigenvalue weighted by Crippen LogP contribution is 2.34. The molecule has 1 saturated carbocycles. The number of amides is 4. The van der Waals surface area contributed by atoms with Crippen molar-refractivity contribution in [1.29, 1.82) is 0 Å². The average Bonchev–Trinajstić information content (AvgIpc) is 3.80. The van der Waals surface area contributed by atoms with Gasteiger partial charge in [0.1, 0.15) is 5.75 Å². The number of aliphatic hydroxyl groups excluding tert-OH is 1. The number of rotatable bonds is 11. The molecule has 16 heteroatoms. The Bertz CT molecular complexity index is 2100. The van der Waals surface area contributed by atoms with Gasteiger partial charge in [0.2, 0.25) is 12.3 Å². The lowest BCUT2D eigenvalue weighted by Gasteiger charge is -2.46. The van der Waals surface area contributed by atoms with E-state index in [0.29, 0.717) is 43.2 Å². The molecule has 1 aliphatic carbocycles. The van der Waals surface area contributed by atoms with Crippen LogP contribution in [0.2, 0.25) is 0 Å². The maximum atomic E-state index is 11.6. The predicted octanol–water partition coefficient (Wildman–Crippen LogP) is 4.66. The average molecular weight is 936 g/mol. The summed E-state index contributed by atoms with van der Waals surface area (Å²) in [5, 5.41) is 34.2. The van der Waals surface area contributed by atoms with Crippen LogP contribution in [0.25, 0.3) is 11.3 Å². The van der Waals surface area contributed by atoms with Crippen LogP contribution in [-0.4, -0.2) is 174 Å². The first-order valence-corrected chi connectivity index (χ1v) is 24.8. The summed E-state index contributed by atoms with van der Waals surface area (Å²) in [4.78, 5) is 47.0. The molecule has 16 nitrogen and oxygen atoms in total. The molecule has 8 rings (SSSR count). The second-order valence-corrected chi connectivity index (χ2v) is 20.2. The number of aliphatic hydroxyl groups is 1. The summed E-state index contributed by atoms with van der Waals surface area (Å²) in [6.45, 7) is 19.1. The summed E-state index contributed by atoms with van der Waals surface area (Å²) in [5.41, 5.74) is 9.83. The number of primary amides is 1. The summed E-state index contributed by atoms with van der Waals surface area (Å²) in [6, 6.07) is 18.0. The largest absolute Gasteiger partial charge is 0.507 e. The van der Waals surface area contributed by atoms with Crippen molar-refractivity contribution in [1.82, 2.24) is 40.0 Å². The summed E-state index contributed by atoms with van der Waals surface area (Å²) in [7, 11) is 1.89. The van der Waals surface area contributed by atoms with Crippen molar-refractivity contribution in [2.45, 2.75) is 96.9 Å². The molecule has 5 heterocycles. The quantitative estimate of drug-likeness (QED) is 0.133. The van der Waals surface area contributed by atoms with Crippen LogP contribution in [0.5, 0.6) is 5.75 Å². The maximum absolute atomic E-state index is 11.6. The number of terminal acetylenes is 1. The molecule has 0 spiro atoms. The molecule has 4 aliphatic heterocycles. The summed E-state index contributed by atoms with van der Waals surface area (Å²) in [6.07, 6.45) is 14.7. The van der Waals surface area contributed by atoms with Crippen LogP contribution in [0.3, 0.4) is 0 Å². The second-order valence-electron chi connectivity index (χ2n) is 20.2. The van der Waals surface area contributed by atoms with Gasteiger partial charge in [-0.15, -0.1) is 16.6 Å². The lowest BCUT2D eigenvalue weighted by molar-refractivity contribution is -0.132. The molecule has 1 aromatic heterocycles. The third-order valence-corrected chi connectivity index (χ3v) is 14.1. The Morgan fingerprint density at radius 2 is 1.47 bits per heavy atom. The SMILES string of the molecule is C#Cc1ccc(CNC=O)cc1.CC(C)(C)CC(=O)N1CCC(O)C1.CNc1nnc(-c2ccccc2O)cc1N1CCN(C2CCN(C3CCC(CN4CCN(C(N)=O)CC4)CC3)CC2)CC1. The van der Waals surface area contributed by atoms with Gasteiger partial charge in [-0.1, -0.05) is 51.0 Å². The van der Waals surface area contributed by atoms with E-state index in [2.05, 4.69) is 73.2 Å². The number of benzene rings is 2. The van der Waals surface area contributed by atoms with Gasteiger partial charge < -0.3 is 46.2 Å². The monoisotopic (exact) mass is 936 g/mol. The predicted molar refractivity (Wildman–Crippen MR) is 269 cm³/mol. The summed E-state index contributed by atoms with van der Waals surface area (Å²) < 4.78 is 0. The van der Waals surface area contributed by atoms with Crippen LogP contribution in [0.15, 0.2) is 54.6 Å². The number of aromatic hydroxyl groups is 1. The molecule has 5 fully saturated rings. The number of anilines is 2. The second kappa shape index (κ2) is 25.2. The number of hydrogen-bond donors (Lipinski definition) is 5. The fourth-order valence-electron chi connectivity index (χ4n) is 10.2. The minimum Gasteiger partial charge on any atom is -0.507 e. The maximum Gasteiger partial charge on any atom is 0.314 e. The van der Waals surface area contributed by atoms with Crippen molar-refractivity contribution in [2.24, 2.45) is 17.1 Å². The number of piperidine rings is 1. The number of aromatic nitrogens is 2. The van der Waals surface area contributed by atoms with Crippen LogP contribution in [0.4, 0.5) is 16.3 Å². The van der Waals surface area contributed by atoms with Crippen LogP contribution in [-0.2, 0) is 16.1 Å². The van der Waals surface area contributed by atoms with E-state index in [1.54, 1.807) is 15.9 Å². The van der Waals surface area contributed by atoms with Gasteiger partial charge in [-0.2, -0.15) is 0 Å². The number of nitrogens with one attached hydrogen (secondary N) is 2. The summed E-state index contributed by atoms with van der Waals surface area (Å²) in [5.74, 6) is 4.48. The van der Waals surface area contributed by atoms with E-state index >= 15 is 0 Å². The molecule has 0 radical (unpaired) electrons. The van der Waals surface area contributed by atoms with Crippen LogP contribution in [0.1, 0.15) is 83.3 Å². The molecule has 68 heavy (non-hydrogen) atoms. The molecular weight excluding hydrogens is 859 g/mol. The third kappa shape index (κ3) is 15.3.